The summed E-state index contributed by atoms with van der Waals surface area (Å²) >= 11 is 0. The van der Waals surface area contributed by atoms with Gasteiger partial charge >= 0.3 is 0 Å². The molecule has 0 aromatic heterocycles. The zero-order valence-corrected chi connectivity index (χ0v) is 2.36. The second-order valence-corrected chi connectivity index (χ2v) is 0.408. The molecule has 4 heavy (non-hydrogen) atoms. The molecule has 0 bridgehead atoms. The average molecular weight is 54.1 g/mol. The molecule has 0 N–H and O–H groups in total. The van der Waals surface area contributed by atoms with Crippen LogP contribution in [0.4, 0.5) is 0 Å². The minimum absolute atomic E-state index is 0.375. The Labute approximate surface area is 25.9 Å². The molecule has 0 aliphatic rings. The summed E-state index contributed by atoms with van der Waals surface area (Å²) in [5, 5.41) is 7.56. The molecule has 1 radical (unpaired) electrons. The van der Waals surface area contributed by atoms with Gasteiger partial charge in [0.2, 0.25) is 0 Å². The molecule has 0 atom stereocenters. The molecule has 21 valence electrons. The Morgan fingerprint density at radius 3 is 2.25 bits per heavy atom. The van der Waals surface area contributed by atoms with E-state index >= 15 is 0 Å². The maximum Gasteiger partial charge on any atom is 0.0621 e. The van der Waals surface area contributed by atoms with Crippen molar-refractivity contribution in [2.24, 2.45) is 0 Å². The van der Waals surface area contributed by atoms with Crippen molar-refractivity contribution in [1.82, 2.24) is 0 Å². The van der Waals surface area contributed by atoms with Gasteiger partial charge in [-0.05, 0) is 6.92 Å². The maximum absolute atomic E-state index is 7.56. The van der Waals surface area contributed by atoms with Gasteiger partial charge in [0.25, 0.3) is 0 Å². The fraction of sp³-hybridized carbons (Fsp3) is 0.333. The lowest BCUT2D eigenvalue weighted by molar-refractivity contribution is 1.36. The lowest BCUT2D eigenvalue weighted by Gasteiger charge is -1.46. The highest BCUT2D eigenvalue weighted by atomic mass is 14.2. The molecular formula is C3H4N. The van der Waals surface area contributed by atoms with Crippen LogP contribution < -0.4 is 0 Å². The Bertz CT molecular complexity index is 33.0. The van der Waals surface area contributed by atoms with E-state index in [0.717, 1.165) is 0 Å². The molecule has 0 fully saturated rings. The van der Waals surface area contributed by atoms with Gasteiger partial charge in [-0.2, -0.15) is 5.26 Å². The molecule has 0 unspecified atom stereocenters. The zero-order chi connectivity index (χ0) is 3.41. The first-order chi connectivity index (χ1) is 1.91. The van der Waals surface area contributed by atoms with Crippen LogP contribution in [0.3, 0.4) is 0 Å². The van der Waals surface area contributed by atoms with Crippen molar-refractivity contribution in [2.45, 2.75) is 6.42 Å². The van der Waals surface area contributed by atoms with Gasteiger partial charge in [-0.3, -0.25) is 0 Å². The number of hydrogen-bond acceptors (Lipinski definition) is 1. The normalized spacial score (nSPS) is 5.00. The first-order valence-corrected chi connectivity index (χ1v) is 1.08. The number of nitrogens with zero attached hydrogens (tertiary/aromatic N) is 1. The smallest absolute Gasteiger partial charge is 0.0621 e. The zero-order valence-electron chi connectivity index (χ0n) is 2.36. The van der Waals surface area contributed by atoms with Crippen LogP contribution in [0.25, 0.3) is 0 Å². The fourth-order valence-corrected chi connectivity index (χ4v) is 0. The van der Waals surface area contributed by atoms with Gasteiger partial charge in [0, 0.05) is 6.42 Å². The van der Waals surface area contributed by atoms with E-state index in [1.165, 1.54) is 0 Å². The molecule has 0 saturated heterocycles. The quantitative estimate of drug-likeness (QED) is 0.400. The molecule has 1 nitrogen and oxygen atoms in total. The topological polar surface area (TPSA) is 23.8 Å². The van der Waals surface area contributed by atoms with Crippen molar-refractivity contribution in [2.75, 3.05) is 0 Å². The van der Waals surface area contributed by atoms with E-state index in [9.17, 15) is 0 Å². The molecule has 0 aromatic rings. The van der Waals surface area contributed by atoms with Gasteiger partial charge in [-0.15, -0.1) is 0 Å². The highest BCUT2D eigenvalue weighted by Crippen LogP contribution is 1.56. The lowest BCUT2D eigenvalue weighted by atomic mass is 10.6. The highest BCUT2D eigenvalue weighted by Gasteiger charge is 1.50. The van der Waals surface area contributed by atoms with E-state index in [2.05, 4.69) is 6.92 Å². The SMILES string of the molecule is [CH2]CC#N. The molecule has 0 saturated carbocycles. The van der Waals surface area contributed by atoms with Gasteiger partial charge < -0.3 is 0 Å². The van der Waals surface area contributed by atoms with E-state index in [1.54, 1.807) is 0 Å². The van der Waals surface area contributed by atoms with Gasteiger partial charge in [-0.1, -0.05) is 0 Å². The Balaban J connectivity index is 2.43. The van der Waals surface area contributed by atoms with Crippen molar-refractivity contribution in [3.63, 3.8) is 0 Å². The van der Waals surface area contributed by atoms with Gasteiger partial charge in [0.1, 0.15) is 0 Å². The fourth-order valence-electron chi connectivity index (χ4n) is 0. The number of rotatable bonds is 0. The van der Waals surface area contributed by atoms with Gasteiger partial charge in [0.15, 0.2) is 0 Å². The Hall–Kier alpha value is -0.510. The van der Waals surface area contributed by atoms with Crippen molar-refractivity contribution in [1.29, 1.82) is 5.26 Å². The molecule has 1 heteroatoms. The minimum atomic E-state index is 0.375. The molecule has 0 heterocycles. The van der Waals surface area contributed by atoms with E-state index in [1.807, 2.05) is 6.07 Å². The van der Waals surface area contributed by atoms with Crippen LogP contribution >= 0.6 is 0 Å². The van der Waals surface area contributed by atoms with Crippen LogP contribution in [0.1, 0.15) is 6.42 Å². The van der Waals surface area contributed by atoms with Crippen molar-refractivity contribution in [3.8, 4) is 6.07 Å². The second kappa shape index (κ2) is 2.49. The Morgan fingerprint density at radius 1 is 2.00 bits per heavy atom. The summed E-state index contributed by atoms with van der Waals surface area (Å²) in [6.07, 6.45) is 0.375. The summed E-state index contributed by atoms with van der Waals surface area (Å²) in [6, 6.07) is 1.82. The predicted molar refractivity (Wildman–Crippen MR) is 15.6 cm³/mol. The van der Waals surface area contributed by atoms with Crippen LogP contribution in [-0.4, -0.2) is 0 Å². The van der Waals surface area contributed by atoms with Crippen LogP contribution in [0.5, 0.6) is 0 Å². The Morgan fingerprint density at radius 2 is 2.25 bits per heavy atom. The van der Waals surface area contributed by atoms with Crippen molar-refractivity contribution < 1.29 is 0 Å². The monoisotopic (exact) mass is 54.0 g/mol. The first kappa shape index (κ1) is 3.49. The van der Waals surface area contributed by atoms with Crippen molar-refractivity contribution in [3.05, 3.63) is 6.92 Å². The summed E-state index contributed by atoms with van der Waals surface area (Å²) in [5.74, 6) is 0. The van der Waals surface area contributed by atoms with Crippen LogP contribution in [-0.2, 0) is 0 Å². The highest BCUT2D eigenvalue weighted by molar-refractivity contribution is 4.68. The molecular weight excluding hydrogens is 50.0 g/mol. The first-order valence-electron chi connectivity index (χ1n) is 1.08. The maximum atomic E-state index is 7.56. The van der Waals surface area contributed by atoms with E-state index in [0.29, 0.717) is 6.42 Å². The third-order valence-electron chi connectivity index (χ3n) is 0.112. The van der Waals surface area contributed by atoms with E-state index in [4.69, 9.17) is 5.26 Å². The predicted octanol–water partition coefficient (Wildman–Crippen LogP) is 0.734. The summed E-state index contributed by atoms with van der Waals surface area (Å²) in [5.41, 5.74) is 0. The molecule has 0 aliphatic heterocycles. The second-order valence-electron chi connectivity index (χ2n) is 0.408. The minimum Gasteiger partial charge on any atom is -0.198 e. The molecule has 0 rings (SSSR count). The summed E-state index contributed by atoms with van der Waals surface area (Å²) < 4.78 is 0. The van der Waals surface area contributed by atoms with E-state index in [-0.39, 0.29) is 0 Å². The van der Waals surface area contributed by atoms with Crippen LogP contribution in [0.15, 0.2) is 0 Å². The number of nitriles is 1. The van der Waals surface area contributed by atoms with E-state index < -0.39 is 0 Å². The number of hydrogen-bond donors (Lipinski definition) is 0. The standard InChI is InChI=1S/C3H4N/c1-2-3-4/h1-2H2. The average Bonchev–Trinajstić information content (AvgIpc) is 1.37. The third kappa shape index (κ3) is 1.49. The lowest BCUT2D eigenvalue weighted by Crippen LogP contribution is -1.39. The molecule has 0 aromatic carbocycles. The van der Waals surface area contributed by atoms with Gasteiger partial charge in [0.05, 0.1) is 6.07 Å². The molecule has 0 amide bonds. The molecule has 0 aliphatic carbocycles. The summed E-state index contributed by atoms with van der Waals surface area (Å²) in [6.45, 7) is 3.24. The van der Waals surface area contributed by atoms with Crippen LogP contribution in [0, 0.1) is 18.3 Å². The largest absolute Gasteiger partial charge is 0.198 e. The Kier molecular flexibility index (Phi) is 2.17. The van der Waals surface area contributed by atoms with Gasteiger partial charge in [-0.25, -0.2) is 0 Å². The summed E-state index contributed by atoms with van der Waals surface area (Å²) in [4.78, 5) is 0. The third-order valence-corrected chi connectivity index (χ3v) is 0.112. The van der Waals surface area contributed by atoms with Crippen molar-refractivity contribution >= 4 is 0 Å². The molecule has 0 spiro atoms. The van der Waals surface area contributed by atoms with Crippen LogP contribution in [0.2, 0.25) is 0 Å². The summed E-state index contributed by atoms with van der Waals surface area (Å²) in [7, 11) is 0.